The second-order valence-corrected chi connectivity index (χ2v) is 6.78. The Morgan fingerprint density at radius 3 is 2.80 bits per heavy atom. The molecule has 0 bridgehead atoms. The van der Waals surface area contributed by atoms with Crippen molar-refractivity contribution in [2.75, 3.05) is 13.2 Å². The van der Waals surface area contributed by atoms with Crippen molar-refractivity contribution in [2.45, 2.75) is 52.4 Å². The van der Waals surface area contributed by atoms with Crippen LogP contribution in [-0.2, 0) is 9.47 Å². The van der Waals surface area contributed by atoms with E-state index < -0.39 is 5.79 Å². The summed E-state index contributed by atoms with van der Waals surface area (Å²) in [5, 5.41) is 0. The molecule has 0 unspecified atom stereocenters. The van der Waals surface area contributed by atoms with E-state index in [-0.39, 0.29) is 11.5 Å². The zero-order chi connectivity index (χ0) is 14.4. The van der Waals surface area contributed by atoms with Crippen LogP contribution in [0.3, 0.4) is 0 Å². The molecule has 3 nitrogen and oxygen atoms in total. The van der Waals surface area contributed by atoms with Gasteiger partial charge in [0, 0.05) is 25.0 Å². The number of para-hydroxylation sites is 1. The number of aryl methyl sites for hydroxylation is 1. The molecule has 2 heterocycles. The topological polar surface area (TPSA) is 27.7 Å². The van der Waals surface area contributed by atoms with E-state index in [2.05, 4.69) is 39.0 Å². The van der Waals surface area contributed by atoms with Crippen LogP contribution in [0.15, 0.2) is 18.2 Å². The summed E-state index contributed by atoms with van der Waals surface area (Å²) in [5.74, 6) is 0.442. The minimum absolute atomic E-state index is 0.0672. The van der Waals surface area contributed by atoms with Crippen molar-refractivity contribution < 1.29 is 14.2 Å². The second kappa shape index (κ2) is 4.74. The van der Waals surface area contributed by atoms with Gasteiger partial charge < -0.3 is 14.2 Å². The van der Waals surface area contributed by atoms with Crippen molar-refractivity contribution in [2.24, 2.45) is 5.41 Å². The van der Waals surface area contributed by atoms with Crippen molar-refractivity contribution in [3.63, 3.8) is 0 Å². The van der Waals surface area contributed by atoms with Crippen molar-refractivity contribution in [3.8, 4) is 5.75 Å². The summed E-state index contributed by atoms with van der Waals surface area (Å²) in [6, 6.07) is 6.26. The maximum Gasteiger partial charge on any atom is 0.214 e. The van der Waals surface area contributed by atoms with Crippen LogP contribution < -0.4 is 4.74 Å². The fourth-order valence-corrected chi connectivity index (χ4v) is 3.39. The molecular weight excluding hydrogens is 252 g/mol. The molecule has 1 aromatic rings. The molecule has 2 aliphatic heterocycles. The Morgan fingerprint density at radius 2 is 2.15 bits per heavy atom. The summed E-state index contributed by atoms with van der Waals surface area (Å²) >= 11 is 0. The molecule has 0 N–H and O–H groups in total. The van der Waals surface area contributed by atoms with Gasteiger partial charge in [0.2, 0.25) is 5.79 Å². The van der Waals surface area contributed by atoms with E-state index in [0.29, 0.717) is 6.61 Å². The van der Waals surface area contributed by atoms with Crippen molar-refractivity contribution in [3.05, 3.63) is 29.3 Å². The molecule has 1 spiro atoms. The quantitative estimate of drug-likeness (QED) is 0.817. The Bertz CT molecular complexity index is 509. The van der Waals surface area contributed by atoms with E-state index in [1.165, 1.54) is 0 Å². The minimum atomic E-state index is -0.511. The fraction of sp³-hybridized carbons (Fsp3) is 0.647. The van der Waals surface area contributed by atoms with Crippen molar-refractivity contribution in [1.29, 1.82) is 0 Å². The molecule has 3 rings (SSSR count). The van der Waals surface area contributed by atoms with Crippen LogP contribution in [0.4, 0.5) is 0 Å². The lowest BCUT2D eigenvalue weighted by Crippen LogP contribution is -2.41. The lowest BCUT2D eigenvalue weighted by Gasteiger charge is -2.39. The number of hydrogen-bond donors (Lipinski definition) is 0. The summed E-state index contributed by atoms with van der Waals surface area (Å²) in [7, 11) is 0. The molecule has 1 fully saturated rings. The summed E-state index contributed by atoms with van der Waals surface area (Å²) in [4.78, 5) is 0. The van der Waals surface area contributed by atoms with Crippen LogP contribution in [0, 0.1) is 12.3 Å². The fourth-order valence-electron chi connectivity index (χ4n) is 3.39. The SMILES string of the molecule is CCO[C@H]1C[C@@]2(CC(C)(C)CO2)Oc2c(C)cccc21. The summed E-state index contributed by atoms with van der Waals surface area (Å²) in [6.07, 6.45) is 1.76. The van der Waals surface area contributed by atoms with E-state index in [0.717, 1.165) is 36.3 Å². The molecule has 3 heteroatoms. The lowest BCUT2D eigenvalue weighted by molar-refractivity contribution is -0.187. The number of hydrogen-bond acceptors (Lipinski definition) is 3. The molecule has 0 aromatic heterocycles. The second-order valence-electron chi connectivity index (χ2n) is 6.78. The van der Waals surface area contributed by atoms with Crippen LogP contribution in [0.25, 0.3) is 0 Å². The molecule has 2 aliphatic rings. The highest BCUT2D eigenvalue weighted by Crippen LogP contribution is 2.51. The highest BCUT2D eigenvalue weighted by Gasteiger charge is 2.51. The first-order chi connectivity index (χ1) is 9.45. The predicted octanol–water partition coefficient (Wildman–Crippen LogP) is 4.00. The standard InChI is InChI=1S/C17H24O3/c1-5-18-14-9-17(10-16(3,4)11-19-17)20-15-12(2)7-6-8-13(14)15/h6-8,14H,5,9-11H2,1-4H3/t14-,17-/m0/s1. The molecule has 110 valence electrons. The molecule has 1 saturated heterocycles. The van der Waals surface area contributed by atoms with Gasteiger partial charge in [-0.1, -0.05) is 32.0 Å². The number of benzene rings is 1. The first-order valence-electron chi connectivity index (χ1n) is 7.49. The molecular formula is C17H24O3. The van der Waals surface area contributed by atoms with E-state index in [1.807, 2.05) is 6.92 Å². The van der Waals surface area contributed by atoms with Crippen molar-refractivity contribution in [1.82, 2.24) is 0 Å². The largest absolute Gasteiger partial charge is 0.462 e. The van der Waals surface area contributed by atoms with Gasteiger partial charge in [-0.25, -0.2) is 0 Å². The summed E-state index contributed by atoms with van der Waals surface area (Å²) < 4.78 is 18.4. The average molecular weight is 276 g/mol. The van der Waals surface area contributed by atoms with Crippen LogP contribution in [-0.4, -0.2) is 19.0 Å². The molecule has 0 radical (unpaired) electrons. The maximum atomic E-state index is 6.32. The Labute approximate surface area is 121 Å². The van der Waals surface area contributed by atoms with Gasteiger partial charge in [-0.05, 0) is 24.8 Å². The molecule has 20 heavy (non-hydrogen) atoms. The van der Waals surface area contributed by atoms with E-state index >= 15 is 0 Å². The van der Waals surface area contributed by atoms with Gasteiger partial charge >= 0.3 is 0 Å². The van der Waals surface area contributed by atoms with Gasteiger partial charge in [0.1, 0.15) is 5.75 Å². The van der Waals surface area contributed by atoms with E-state index in [9.17, 15) is 0 Å². The summed E-state index contributed by atoms with van der Waals surface area (Å²) in [6.45, 7) is 10.0. The first kappa shape index (κ1) is 13.9. The van der Waals surface area contributed by atoms with Crippen LogP contribution >= 0.6 is 0 Å². The van der Waals surface area contributed by atoms with Gasteiger partial charge in [-0.3, -0.25) is 0 Å². The third-order valence-electron chi connectivity index (χ3n) is 4.22. The number of ether oxygens (including phenoxy) is 3. The predicted molar refractivity (Wildman–Crippen MR) is 77.9 cm³/mol. The maximum absolute atomic E-state index is 6.32. The Balaban J connectivity index is 1.98. The molecule has 0 aliphatic carbocycles. The zero-order valence-electron chi connectivity index (χ0n) is 12.9. The van der Waals surface area contributed by atoms with Gasteiger partial charge in [0.25, 0.3) is 0 Å². The van der Waals surface area contributed by atoms with Crippen LogP contribution in [0.1, 0.15) is 50.8 Å². The van der Waals surface area contributed by atoms with Crippen LogP contribution in [0.2, 0.25) is 0 Å². The summed E-state index contributed by atoms with van der Waals surface area (Å²) in [5.41, 5.74) is 2.47. The number of fused-ring (bicyclic) bond motifs is 1. The Hall–Kier alpha value is -1.06. The molecule has 0 amide bonds. The van der Waals surface area contributed by atoms with Gasteiger partial charge in [-0.15, -0.1) is 0 Å². The highest BCUT2D eigenvalue weighted by atomic mass is 16.7. The van der Waals surface area contributed by atoms with Gasteiger partial charge in [-0.2, -0.15) is 0 Å². The third kappa shape index (κ3) is 2.33. The zero-order valence-corrected chi connectivity index (χ0v) is 12.9. The lowest BCUT2D eigenvalue weighted by atomic mass is 9.85. The monoisotopic (exact) mass is 276 g/mol. The first-order valence-corrected chi connectivity index (χ1v) is 7.49. The van der Waals surface area contributed by atoms with Gasteiger partial charge in [0.05, 0.1) is 12.7 Å². The minimum Gasteiger partial charge on any atom is -0.462 e. The third-order valence-corrected chi connectivity index (χ3v) is 4.22. The van der Waals surface area contributed by atoms with Crippen molar-refractivity contribution >= 4 is 0 Å². The van der Waals surface area contributed by atoms with Crippen LogP contribution in [0.5, 0.6) is 5.75 Å². The Kier molecular flexibility index (Phi) is 3.30. The average Bonchev–Trinajstić information content (AvgIpc) is 2.67. The highest BCUT2D eigenvalue weighted by molar-refractivity contribution is 5.44. The molecule has 1 aromatic carbocycles. The normalized spacial score (nSPS) is 31.1. The van der Waals surface area contributed by atoms with Gasteiger partial charge in [0.15, 0.2) is 0 Å². The smallest absolute Gasteiger partial charge is 0.214 e. The van der Waals surface area contributed by atoms with E-state index in [4.69, 9.17) is 14.2 Å². The van der Waals surface area contributed by atoms with E-state index in [1.54, 1.807) is 0 Å². The number of rotatable bonds is 2. The molecule has 2 atom stereocenters. The molecule has 0 saturated carbocycles. The Morgan fingerprint density at radius 1 is 1.35 bits per heavy atom.